The fraction of sp³-hybridized carbons (Fsp3) is 0.0645. The van der Waals surface area contributed by atoms with Crippen molar-refractivity contribution in [2.75, 3.05) is 0 Å². The van der Waals surface area contributed by atoms with Crippen LogP contribution in [0.1, 0.15) is 47.6 Å². The molecule has 0 aliphatic heterocycles. The molecule has 1 aliphatic carbocycles. The van der Waals surface area contributed by atoms with E-state index in [2.05, 4.69) is 226 Å². The predicted octanol–water partition coefficient (Wildman–Crippen LogP) is 16.9. The van der Waals surface area contributed by atoms with Gasteiger partial charge in [-0.05, 0) is 118 Å². The van der Waals surface area contributed by atoms with E-state index in [0.717, 1.165) is 21.9 Å². The highest BCUT2D eigenvalue weighted by Crippen LogP contribution is 2.52. The highest BCUT2D eigenvalue weighted by Gasteiger charge is 2.37. The van der Waals surface area contributed by atoms with Gasteiger partial charge in [-0.2, -0.15) is 0 Å². The summed E-state index contributed by atoms with van der Waals surface area (Å²) in [5.41, 5.74) is 20.6. The molecule has 0 saturated carbocycles. The van der Waals surface area contributed by atoms with Gasteiger partial charge in [0.1, 0.15) is 11.2 Å². The van der Waals surface area contributed by atoms with Crippen molar-refractivity contribution in [3.05, 3.63) is 252 Å². The van der Waals surface area contributed by atoms with Gasteiger partial charge < -0.3 is 4.42 Å². The van der Waals surface area contributed by atoms with E-state index >= 15 is 0 Å². The molecule has 1 heterocycles. The summed E-state index contributed by atoms with van der Waals surface area (Å²) < 4.78 is 6.31. The van der Waals surface area contributed by atoms with Gasteiger partial charge in [0.2, 0.25) is 0 Å². The maximum absolute atomic E-state index is 6.31. The lowest BCUT2D eigenvalue weighted by atomic mass is 9.77. The molecule has 0 fully saturated rings. The molecule has 0 radical (unpaired) electrons. The third-order valence-corrected chi connectivity index (χ3v) is 13.7. The Morgan fingerprint density at radius 1 is 0.317 bits per heavy atom. The summed E-state index contributed by atoms with van der Waals surface area (Å²) >= 11 is 0. The van der Waals surface area contributed by atoms with E-state index in [9.17, 15) is 0 Å². The van der Waals surface area contributed by atoms with Gasteiger partial charge in [-0.25, -0.2) is 0 Å². The first-order valence-electron chi connectivity index (χ1n) is 22.0. The van der Waals surface area contributed by atoms with Crippen LogP contribution in [0.3, 0.4) is 0 Å². The molecule has 1 unspecified atom stereocenters. The lowest BCUT2D eigenvalue weighted by Gasteiger charge is -2.26. The Kier molecular flexibility index (Phi) is 8.66. The largest absolute Gasteiger partial charge is 0.456 e. The average Bonchev–Trinajstić information content (AvgIpc) is 3.83. The fourth-order valence-electron chi connectivity index (χ4n) is 10.4. The molecule has 1 aliphatic rings. The number of benzene rings is 10. The summed E-state index contributed by atoms with van der Waals surface area (Å²) in [6.07, 6.45) is 0. The van der Waals surface area contributed by atoms with E-state index in [1.807, 2.05) is 12.1 Å². The number of hydrogen-bond acceptors (Lipinski definition) is 1. The van der Waals surface area contributed by atoms with Gasteiger partial charge in [-0.1, -0.05) is 214 Å². The summed E-state index contributed by atoms with van der Waals surface area (Å²) in [6, 6.07) is 82.5. The fourth-order valence-corrected chi connectivity index (χ4v) is 10.4. The van der Waals surface area contributed by atoms with Crippen molar-refractivity contribution in [1.29, 1.82) is 0 Å². The Morgan fingerprint density at radius 2 is 0.794 bits per heavy atom. The van der Waals surface area contributed by atoms with Crippen LogP contribution in [0.15, 0.2) is 229 Å². The quantitative estimate of drug-likeness (QED) is 0.146. The monoisotopic (exact) mass is 804 g/mol. The van der Waals surface area contributed by atoms with E-state index in [1.165, 1.54) is 94.2 Å². The van der Waals surface area contributed by atoms with Crippen LogP contribution in [0.5, 0.6) is 0 Å². The van der Waals surface area contributed by atoms with Gasteiger partial charge in [0.05, 0.1) is 0 Å². The van der Waals surface area contributed by atoms with E-state index in [0.29, 0.717) is 0 Å². The molecule has 0 spiro atoms. The van der Waals surface area contributed by atoms with Crippen molar-refractivity contribution in [3.8, 4) is 55.6 Å². The molecular weight excluding hydrogens is 761 g/mol. The zero-order valence-corrected chi connectivity index (χ0v) is 35.3. The van der Waals surface area contributed by atoms with Gasteiger partial charge in [0.15, 0.2) is 0 Å². The number of furan rings is 1. The summed E-state index contributed by atoms with van der Waals surface area (Å²) in [5.74, 6) is 0.00476. The molecule has 0 saturated heterocycles. The highest BCUT2D eigenvalue weighted by molar-refractivity contribution is 6.06. The molecule has 0 amide bonds. The van der Waals surface area contributed by atoms with Crippen molar-refractivity contribution >= 4 is 32.7 Å². The zero-order chi connectivity index (χ0) is 42.1. The molecule has 298 valence electrons. The third kappa shape index (κ3) is 6.23. The minimum absolute atomic E-state index is 0.00476. The molecule has 1 nitrogen and oxygen atoms in total. The Labute approximate surface area is 368 Å². The summed E-state index contributed by atoms with van der Waals surface area (Å²) in [5, 5.41) is 4.85. The Bertz CT molecular complexity index is 3500. The van der Waals surface area contributed by atoms with Crippen LogP contribution in [-0.2, 0) is 5.41 Å². The van der Waals surface area contributed by atoms with Crippen molar-refractivity contribution < 1.29 is 4.42 Å². The second kappa shape index (κ2) is 14.7. The molecule has 1 aromatic heterocycles. The maximum Gasteiger partial charge on any atom is 0.136 e. The number of fused-ring (bicyclic) bond motifs is 7. The van der Waals surface area contributed by atoms with Crippen molar-refractivity contribution in [2.24, 2.45) is 0 Å². The van der Waals surface area contributed by atoms with Crippen molar-refractivity contribution in [3.63, 3.8) is 0 Å². The van der Waals surface area contributed by atoms with Crippen LogP contribution in [-0.4, -0.2) is 0 Å². The zero-order valence-electron chi connectivity index (χ0n) is 35.3. The minimum atomic E-state index is -0.209. The van der Waals surface area contributed by atoms with Gasteiger partial charge in [0.25, 0.3) is 0 Å². The molecule has 11 aromatic rings. The number of hydrogen-bond donors (Lipinski definition) is 0. The summed E-state index contributed by atoms with van der Waals surface area (Å²) in [7, 11) is 0. The molecule has 1 heteroatoms. The Balaban J connectivity index is 0.957. The molecule has 12 rings (SSSR count). The number of rotatable bonds is 7. The SMILES string of the molecule is CC1(C)c2cc(-c3ccc4c(c3)oc3ccccc34)ccc2-c2ccc(C(c3ccc(-c4ccc(-c5ccccc5)cc4)cc3)c3ccc(-c4ccccc4)c4ccccc34)cc21. The van der Waals surface area contributed by atoms with Gasteiger partial charge >= 0.3 is 0 Å². The number of para-hydroxylation sites is 1. The second-order valence-electron chi connectivity index (χ2n) is 17.6. The molecule has 10 aromatic carbocycles. The normalized spacial score (nSPS) is 13.3. The summed E-state index contributed by atoms with van der Waals surface area (Å²) in [6.45, 7) is 4.79. The van der Waals surface area contributed by atoms with Crippen LogP contribution < -0.4 is 0 Å². The van der Waals surface area contributed by atoms with E-state index < -0.39 is 0 Å². The molecule has 0 N–H and O–H groups in total. The topological polar surface area (TPSA) is 13.1 Å². The average molecular weight is 805 g/mol. The van der Waals surface area contributed by atoms with E-state index in [4.69, 9.17) is 4.42 Å². The molecule has 0 bridgehead atoms. The molecule has 1 atom stereocenters. The standard InChI is InChI=1S/C62H44O/c1-62(2)57-37-46(47-30-34-55-54-19-11-12-20-59(54)63-60(55)39-47)29-32-52(57)53-33-31-48(38-58(53)62)61(56-36-35-49(44-15-7-4-8-16-44)50-17-9-10-18-51(50)56)45-27-25-43(26-28-45)42-23-21-41(22-24-42)40-13-5-3-6-14-40/h3-39,61H,1-2H3. The predicted molar refractivity (Wildman–Crippen MR) is 264 cm³/mol. The lowest BCUT2D eigenvalue weighted by molar-refractivity contribution is 0.659. The molecule has 63 heavy (non-hydrogen) atoms. The third-order valence-electron chi connectivity index (χ3n) is 13.7. The van der Waals surface area contributed by atoms with E-state index in [-0.39, 0.29) is 11.3 Å². The van der Waals surface area contributed by atoms with Crippen LogP contribution in [0.2, 0.25) is 0 Å². The minimum Gasteiger partial charge on any atom is -0.456 e. The maximum atomic E-state index is 6.31. The summed E-state index contributed by atoms with van der Waals surface area (Å²) in [4.78, 5) is 0. The highest BCUT2D eigenvalue weighted by atomic mass is 16.3. The van der Waals surface area contributed by atoms with Crippen LogP contribution in [0.4, 0.5) is 0 Å². The Hall–Kier alpha value is -7.74. The van der Waals surface area contributed by atoms with Crippen molar-refractivity contribution in [2.45, 2.75) is 25.2 Å². The van der Waals surface area contributed by atoms with Crippen LogP contribution in [0, 0.1) is 0 Å². The van der Waals surface area contributed by atoms with Gasteiger partial charge in [-0.3, -0.25) is 0 Å². The van der Waals surface area contributed by atoms with Gasteiger partial charge in [-0.15, -0.1) is 0 Å². The lowest BCUT2D eigenvalue weighted by Crippen LogP contribution is -2.16. The smallest absolute Gasteiger partial charge is 0.136 e. The molecular formula is C62H44O. The Morgan fingerprint density at radius 3 is 1.51 bits per heavy atom. The first kappa shape index (κ1) is 37.1. The first-order chi connectivity index (χ1) is 31.0. The van der Waals surface area contributed by atoms with E-state index in [1.54, 1.807) is 0 Å². The van der Waals surface area contributed by atoms with Crippen molar-refractivity contribution in [1.82, 2.24) is 0 Å². The van der Waals surface area contributed by atoms with Crippen LogP contribution in [0.25, 0.3) is 88.3 Å². The second-order valence-corrected chi connectivity index (χ2v) is 17.6. The first-order valence-corrected chi connectivity index (χ1v) is 22.0. The van der Waals surface area contributed by atoms with Gasteiger partial charge in [0, 0.05) is 22.1 Å². The van der Waals surface area contributed by atoms with Crippen LogP contribution >= 0.6 is 0 Å².